The Kier molecular flexibility index (Phi) is 5.12. The molecule has 0 aliphatic rings. The lowest BCUT2D eigenvalue weighted by molar-refractivity contribution is 0.934. The Morgan fingerprint density at radius 3 is 2.80 bits per heavy atom. The van der Waals surface area contributed by atoms with E-state index >= 15 is 0 Å². The summed E-state index contributed by atoms with van der Waals surface area (Å²) in [6.45, 7) is 0.388. The maximum atomic E-state index is 8.27. The summed E-state index contributed by atoms with van der Waals surface area (Å²) < 4.78 is 0. The first kappa shape index (κ1) is 12.5. The van der Waals surface area contributed by atoms with Gasteiger partial charge in [0.2, 0.25) is 0 Å². The van der Waals surface area contributed by atoms with E-state index in [0.29, 0.717) is 16.6 Å². The number of thioether (sulfide) groups is 1. The third kappa shape index (κ3) is 3.50. The Hall–Kier alpha value is -0.540. The van der Waals surface area contributed by atoms with Crippen molar-refractivity contribution in [2.45, 2.75) is 5.25 Å². The molecule has 0 aromatic heterocycles. The van der Waals surface area contributed by atoms with E-state index in [2.05, 4.69) is 10.0 Å². The summed E-state index contributed by atoms with van der Waals surface area (Å²) in [6.07, 6.45) is 1.95. The fraction of sp³-hybridized carbons (Fsp3) is 0.333. The molecule has 0 heterocycles. The van der Waals surface area contributed by atoms with E-state index in [1.54, 1.807) is 23.9 Å². The highest BCUT2D eigenvalue weighted by atomic mass is 35.5. The van der Waals surface area contributed by atoms with Crippen LogP contribution >= 0.6 is 35.0 Å². The van der Waals surface area contributed by atoms with E-state index in [1.165, 1.54) is 0 Å². The molecule has 1 aromatic rings. The summed E-state index contributed by atoms with van der Waals surface area (Å²) in [6, 6.07) is 5.33. The van der Waals surface area contributed by atoms with Crippen LogP contribution in [0.1, 0.15) is 10.8 Å². The Morgan fingerprint density at radius 2 is 2.27 bits per heavy atom. The van der Waals surface area contributed by atoms with Gasteiger partial charge in [-0.05, 0) is 29.5 Å². The van der Waals surface area contributed by atoms with Gasteiger partial charge < -0.3 is 0 Å². The first-order valence-electron chi connectivity index (χ1n) is 4.17. The monoisotopic (exact) mass is 261 g/mol. The van der Waals surface area contributed by atoms with E-state index in [0.717, 1.165) is 5.56 Å². The number of hydrogen-bond acceptors (Lipinski definition) is 2. The molecule has 1 unspecified atom stereocenters. The van der Waals surface area contributed by atoms with Crippen LogP contribution in [-0.2, 0) is 0 Å². The standard InChI is InChI=1S/C9H9Cl2N3S/c1-15-9(5-13-14-12)7-3-2-6(10)4-8(7)11/h2-4,9H,5H2,1H3. The van der Waals surface area contributed by atoms with Gasteiger partial charge in [0.15, 0.2) is 0 Å². The van der Waals surface area contributed by atoms with Crippen molar-refractivity contribution < 1.29 is 0 Å². The molecule has 0 aliphatic carbocycles. The van der Waals surface area contributed by atoms with Gasteiger partial charge in [-0.3, -0.25) is 0 Å². The lowest BCUT2D eigenvalue weighted by Gasteiger charge is -2.13. The van der Waals surface area contributed by atoms with E-state index < -0.39 is 0 Å². The summed E-state index contributed by atoms with van der Waals surface area (Å²) in [5, 5.41) is 4.84. The molecule has 80 valence electrons. The van der Waals surface area contributed by atoms with Gasteiger partial charge in [-0.2, -0.15) is 11.8 Å². The Bertz CT molecular complexity index is 391. The van der Waals surface area contributed by atoms with Crippen LogP contribution in [0.25, 0.3) is 10.4 Å². The average Bonchev–Trinajstić information content (AvgIpc) is 2.21. The number of benzene rings is 1. The van der Waals surface area contributed by atoms with Crippen molar-refractivity contribution in [2.75, 3.05) is 12.8 Å². The molecule has 0 radical (unpaired) electrons. The topological polar surface area (TPSA) is 48.8 Å². The predicted octanol–water partition coefficient (Wildman–Crippen LogP) is 4.71. The molecule has 0 fully saturated rings. The fourth-order valence-corrected chi connectivity index (χ4v) is 2.45. The largest absolute Gasteiger partial charge is 0.157 e. The molecule has 0 saturated carbocycles. The number of azide groups is 1. The number of rotatable bonds is 4. The molecule has 0 saturated heterocycles. The van der Waals surface area contributed by atoms with Crippen LogP contribution in [0.2, 0.25) is 10.0 Å². The molecule has 0 amide bonds. The fourth-order valence-electron chi connectivity index (χ4n) is 1.17. The molecule has 1 rings (SSSR count). The van der Waals surface area contributed by atoms with Gasteiger partial charge in [0.05, 0.1) is 0 Å². The van der Waals surface area contributed by atoms with Gasteiger partial charge in [0, 0.05) is 26.8 Å². The van der Waals surface area contributed by atoms with Gasteiger partial charge in [-0.1, -0.05) is 34.4 Å². The van der Waals surface area contributed by atoms with Gasteiger partial charge in [-0.15, -0.1) is 0 Å². The lowest BCUT2D eigenvalue weighted by Crippen LogP contribution is -1.98. The van der Waals surface area contributed by atoms with Gasteiger partial charge in [-0.25, -0.2) is 0 Å². The van der Waals surface area contributed by atoms with Crippen molar-refractivity contribution in [1.82, 2.24) is 0 Å². The number of halogens is 2. The predicted molar refractivity (Wildman–Crippen MR) is 66.7 cm³/mol. The zero-order chi connectivity index (χ0) is 11.3. The second-order valence-corrected chi connectivity index (χ2v) is 4.69. The summed E-state index contributed by atoms with van der Waals surface area (Å²) in [7, 11) is 0. The van der Waals surface area contributed by atoms with Crippen LogP contribution in [0.5, 0.6) is 0 Å². The molecule has 0 aliphatic heterocycles. The molecular weight excluding hydrogens is 253 g/mol. The first-order valence-corrected chi connectivity index (χ1v) is 6.22. The third-order valence-electron chi connectivity index (χ3n) is 1.90. The smallest absolute Gasteiger partial charge is 0.0464 e. The second-order valence-electron chi connectivity index (χ2n) is 2.80. The molecular formula is C9H9Cl2N3S. The van der Waals surface area contributed by atoms with Crippen molar-refractivity contribution in [3.05, 3.63) is 44.3 Å². The van der Waals surface area contributed by atoms with Crippen molar-refractivity contribution in [1.29, 1.82) is 0 Å². The zero-order valence-electron chi connectivity index (χ0n) is 8.02. The summed E-state index contributed by atoms with van der Waals surface area (Å²) in [5.41, 5.74) is 9.21. The molecule has 0 N–H and O–H groups in total. The minimum absolute atomic E-state index is 0.0747. The lowest BCUT2D eigenvalue weighted by atomic mass is 10.1. The first-order chi connectivity index (χ1) is 7.19. The van der Waals surface area contributed by atoms with Crippen LogP contribution in [0.15, 0.2) is 23.3 Å². The molecule has 1 atom stereocenters. The second kappa shape index (κ2) is 6.13. The molecule has 0 bridgehead atoms. The maximum absolute atomic E-state index is 8.27. The van der Waals surface area contributed by atoms with E-state index in [4.69, 9.17) is 28.7 Å². The highest BCUT2D eigenvalue weighted by molar-refractivity contribution is 7.98. The Morgan fingerprint density at radius 1 is 1.53 bits per heavy atom. The van der Waals surface area contributed by atoms with Crippen LogP contribution in [0, 0.1) is 0 Å². The SMILES string of the molecule is CSC(CN=[N+]=[N-])c1ccc(Cl)cc1Cl. The van der Waals surface area contributed by atoms with Gasteiger partial charge in [0.25, 0.3) is 0 Å². The molecule has 3 nitrogen and oxygen atoms in total. The summed E-state index contributed by atoms with van der Waals surface area (Å²) in [4.78, 5) is 2.74. The van der Waals surface area contributed by atoms with Crippen molar-refractivity contribution in [2.24, 2.45) is 5.11 Å². The minimum Gasteiger partial charge on any atom is -0.157 e. The number of hydrogen-bond donors (Lipinski definition) is 0. The van der Waals surface area contributed by atoms with Crippen LogP contribution in [-0.4, -0.2) is 12.8 Å². The maximum Gasteiger partial charge on any atom is 0.0464 e. The van der Waals surface area contributed by atoms with Crippen molar-refractivity contribution in [3.63, 3.8) is 0 Å². The summed E-state index contributed by atoms with van der Waals surface area (Å²) >= 11 is 13.4. The highest BCUT2D eigenvalue weighted by Crippen LogP contribution is 2.33. The molecule has 6 heteroatoms. The normalized spacial score (nSPS) is 11.9. The quantitative estimate of drug-likeness (QED) is 0.440. The van der Waals surface area contributed by atoms with Gasteiger partial charge in [0.1, 0.15) is 0 Å². The van der Waals surface area contributed by atoms with E-state index in [-0.39, 0.29) is 5.25 Å². The van der Waals surface area contributed by atoms with E-state index in [9.17, 15) is 0 Å². The minimum atomic E-state index is 0.0747. The average molecular weight is 262 g/mol. The zero-order valence-corrected chi connectivity index (χ0v) is 10.4. The van der Waals surface area contributed by atoms with E-state index in [1.807, 2.05) is 12.3 Å². The number of nitrogens with zero attached hydrogens (tertiary/aromatic N) is 3. The molecule has 15 heavy (non-hydrogen) atoms. The third-order valence-corrected chi connectivity index (χ3v) is 3.44. The van der Waals surface area contributed by atoms with Gasteiger partial charge >= 0.3 is 0 Å². The molecule has 0 spiro atoms. The summed E-state index contributed by atoms with van der Waals surface area (Å²) in [5.74, 6) is 0. The van der Waals surface area contributed by atoms with Crippen LogP contribution in [0.4, 0.5) is 0 Å². The molecule has 1 aromatic carbocycles. The van der Waals surface area contributed by atoms with Crippen LogP contribution in [0.3, 0.4) is 0 Å². The Labute approximate surface area is 102 Å². The Balaban J connectivity index is 2.95. The highest BCUT2D eigenvalue weighted by Gasteiger charge is 2.12. The van der Waals surface area contributed by atoms with Crippen LogP contribution < -0.4 is 0 Å². The van der Waals surface area contributed by atoms with Crippen molar-refractivity contribution >= 4 is 35.0 Å². The van der Waals surface area contributed by atoms with Crippen molar-refractivity contribution in [3.8, 4) is 0 Å².